The zero-order chi connectivity index (χ0) is 15.0. The molecule has 3 rings (SSSR count). The molecule has 1 heterocycles. The maximum Gasteiger partial charge on any atom is 0.169 e. The van der Waals surface area contributed by atoms with Crippen molar-refractivity contribution in [2.45, 2.75) is 32.5 Å². The lowest BCUT2D eigenvalue weighted by Crippen LogP contribution is -2.24. The molecule has 4 heteroatoms. The zero-order valence-corrected chi connectivity index (χ0v) is 12.0. The minimum atomic E-state index is -0.503. The molecule has 0 atom stereocenters. The van der Waals surface area contributed by atoms with Gasteiger partial charge in [-0.1, -0.05) is 18.2 Å². The van der Waals surface area contributed by atoms with E-state index in [1.807, 2.05) is 26.0 Å². The van der Waals surface area contributed by atoms with Gasteiger partial charge in [-0.3, -0.25) is 0 Å². The Labute approximate surface area is 122 Å². The van der Waals surface area contributed by atoms with E-state index >= 15 is 0 Å². The lowest BCUT2D eigenvalue weighted by molar-refractivity contribution is 0.135. The van der Waals surface area contributed by atoms with Gasteiger partial charge in [0.25, 0.3) is 0 Å². The van der Waals surface area contributed by atoms with E-state index in [4.69, 9.17) is 14.6 Å². The molecule has 0 amide bonds. The number of benzene rings is 2. The molecule has 0 saturated heterocycles. The maximum absolute atomic E-state index is 13.9. The SMILES string of the molecule is CC1(C)Cc2cccc(Oc3ccc(CO)cc3F)c2O1. The first-order valence-electron chi connectivity index (χ1n) is 6.86. The van der Waals surface area contributed by atoms with Gasteiger partial charge in [0, 0.05) is 12.0 Å². The highest BCUT2D eigenvalue weighted by Gasteiger charge is 2.32. The summed E-state index contributed by atoms with van der Waals surface area (Å²) in [5, 5.41) is 9.00. The fourth-order valence-corrected chi connectivity index (χ4v) is 2.51. The van der Waals surface area contributed by atoms with Crippen LogP contribution in [0.5, 0.6) is 17.2 Å². The third-order valence-corrected chi connectivity index (χ3v) is 3.45. The monoisotopic (exact) mass is 288 g/mol. The van der Waals surface area contributed by atoms with E-state index in [0.29, 0.717) is 17.1 Å². The summed E-state index contributed by atoms with van der Waals surface area (Å²) in [4.78, 5) is 0. The summed E-state index contributed by atoms with van der Waals surface area (Å²) in [6.45, 7) is 3.82. The topological polar surface area (TPSA) is 38.7 Å². The van der Waals surface area contributed by atoms with Gasteiger partial charge in [-0.25, -0.2) is 4.39 Å². The van der Waals surface area contributed by atoms with E-state index in [1.54, 1.807) is 12.1 Å². The molecule has 0 spiro atoms. The molecule has 21 heavy (non-hydrogen) atoms. The molecule has 0 fully saturated rings. The molecular weight excluding hydrogens is 271 g/mol. The Morgan fingerprint density at radius 3 is 2.76 bits per heavy atom. The molecule has 1 aliphatic heterocycles. The molecule has 0 unspecified atom stereocenters. The van der Waals surface area contributed by atoms with Gasteiger partial charge in [-0.15, -0.1) is 0 Å². The van der Waals surface area contributed by atoms with Gasteiger partial charge in [0.2, 0.25) is 0 Å². The van der Waals surface area contributed by atoms with Crippen LogP contribution in [0.25, 0.3) is 0 Å². The van der Waals surface area contributed by atoms with E-state index in [-0.39, 0.29) is 18.0 Å². The van der Waals surface area contributed by atoms with E-state index in [2.05, 4.69) is 0 Å². The molecule has 0 saturated carbocycles. The average Bonchev–Trinajstić information content (AvgIpc) is 2.76. The second kappa shape index (κ2) is 5.04. The maximum atomic E-state index is 13.9. The summed E-state index contributed by atoms with van der Waals surface area (Å²) in [5.41, 5.74) is 1.29. The van der Waals surface area contributed by atoms with Crippen LogP contribution in [0.4, 0.5) is 4.39 Å². The fourth-order valence-electron chi connectivity index (χ4n) is 2.51. The highest BCUT2D eigenvalue weighted by Crippen LogP contribution is 2.43. The molecule has 1 aliphatic rings. The van der Waals surface area contributed by atoms with Crippen molar-refractivity contribution in [2.24, 2.45) is 0 Å². The first-order valence-corrected chi connectivity index (χ1v) is 6.86. The third-order valence-electron chi connectivity index (χ3n) is 3.45. The Balaban J connectivity index is 1.92. The molecule has 0 aromatic heterocycles. The van der Waals surface area contributed by atoms with Crippen LogP contribution in [0.2, 0.25) is 0 Å². The normalized spacial score (nSPS) is 15.4. The third kappa shape index (κ3) is 2.72. The number of hydrogen-bond donors (Lipinski definition) is 1. The van der Waals surface area contributed by atoms with E-state index in [0.717, 1.165) is 12.0 Å². The molecule has 2 aromatic carbocycles. The number of ether oxygens (including phenoxy) is 2. The number of halogens is 1. The van der Waals surface area contributed by atoms with Crippen molar-refractivity contribution in [3.05, 3.63) is 53.3 Å². The van der Waals surface area contributed by atoms with Gasteiger partial charge in [-0.05, 0) is 37.6 Å². The smallest absolute Gasteiger partial charge is 0.169 e. The minimum Gasteiger partial charge on any atom is -0.483 e. The van der Waals surface area contributed by atoms with Gasteiger partial charge >= 0.3 is 0 Å². The van der Waals surface area contributed by atoms with E-state index in [9.17, 15) is 4.39 Å². The van der Waals surface area contributed by atoms with Crippen molar-refractivity contribution >= 4 is 0 Å². The summed E-state index contributed by atoms with van der Waals surface area (Å²) in [6.07, 6.45) is 0.797. The average molecular weight is 288 g/mol. The van der Waals surface area contributed by atoms with E-state index < -0.39 is 5.82 Å². The van der Waals surface area contributed by atoms with Gasteiger partial charge in [0.1, 0.15) is 5.60 Å². The number of aliphatic hydroxyl groups is 1. The molecular formula is C17H17FO3. The highest BCUT2D eigenvalue weighted by atomic mass is 19.1. The van der Waals surface area contributed by atoms with Crippen LogP contribution in [-0.4, -0.2) is 10.7 Å². The fraction of sp³-hybridized carbons (Fsp3) is 0.294. The second-order valence-electron chi connectivity index (χ2n) is 5.81. The van der Waals surface area contributed by atoms with Crippen molar-refractivity contribution in [3.8, 4) is 17.2 Å². The predicted octanol–water partition coefficient (Wildman–Crippen LogP) is 3.82. The summed E-state index contributed by atoms with van der Waals surface area (Å²) in [5.74, 6) is 0.798. The zero-order valence-electron chi connectivity index (χ0n) is 12.0. The molecule has 0 bridgehead atoms. The first kappa shape index (κ1) is 13.9. The Bertz CT molecular complexity index is 680. The standard InChI is InChI=1S/C17H17FO3/c1-17(2)9-12-4-3-5-15(16(12)21-17)20-14-7-6-11(10-19)8-13(14)18/h3-8,19H,9-10H2,1-2H3. The molecule has 2 aromatic rings. The van der Waals surface area contributed by atoms with Crippen LogP contribution in [0.1, 0.15) is 25.0 Å². The largest absolute Gasteiger partial charge is 0.483 e. The molecule has 0 radical (unpaired) electrons. The van der Waals surface area contributed by atoms with E-state index in [1.165, 1.54) is 12.1 Å². The first-order chi connectivity index (χ1) is 9.98. The number of fused-ring (bicyclic) bond motifs is 1. The van der Waals surface area contributed by atoms with Crippen LogP contribution in [0.3, 0.4) is 0 Å². The second-order valence-corrected chi connectivity index (χ2v) is 5.81. The van der Waals surface area contributed by atoms with Crippen molar-refractivity contribution in [3.63, 3.8) is 0 Å². The van der Waals surface area contributed by atoms with Crippen molar-refractivity contribution < 1.29 is 19.0 Å². The lowest BCUT2D eigenvalue weighted by Gasteiger charge is -2.18. The summed E-state index contributed by atoms with van der Waals surface area (Å²) in [7, 11) is 0. The number of aliphatic hydroxyl groups excluding tert-OH is 1. The van der Waals surface area contributed by atoms with Gasteiger partial charge in [-0.2, -0.15) is 0 Å². The molecule has 110 valence electrons. The van der Waals surface area contributed by atoms with Crippen molar-refractivity contribution in [2.75, 3.05) is 0 Å². The highest BCUT2D eigenvalue weighted by molar-refractivity contribution is 5.52. The number of hydrogen-bond acceptors (Lipinski definition) is 3. The van der Waals surface area contributed by atoms with Crippen LogP contribution in [-0.2, 0) is 13.0 Å². The lowest BCUT2D eigenvalue weighted by atomic mass is 10.0. The van der Waals surface area contributed by atoms with Gasteiger partial charge in [0.15, 0.2) is 23.1 Å². The van der Waals surface area contributed by atoms with Crippen LogP contribution in [0, 0.1) is 5.82 Å². The van der Waals surface area contributed by atoms with Gasteiger partial charge in [0.05, 0.1) is 6.61 Å². The predicted molar refractivity (Wildman–Crippen MR) is 77.2 cm³/mol. The minimum absolute atomic E-state index is 0.119. The van der Waals surface area contributed by atoms with Crippen LogP contribution >= 0.6 is 0 Å². The quantitative estimate of drug-likeness (QED) is 0.933. The Kier molecular flexibility index (Phi) is 3.33. The van der Waals surface area contributed by atoms with Crippen LogP contribution < -0.4 is 9.47 Å². The number of rotatable bonds is 3. The Morgan fingerprint density at radius 2 is 2.05 bits per heavy atom. The van der Waals surface area contributed by atoms with Crippen molar-refractivity contribution in [1.29, 1.82) is 0 Å². The Morgan fingerprint density at radius 1 is 1.24 bits per heavy atom. The van der Waals surface area contributed by atoms with Crippen molar-refractivity contribution in [1.82, 2.24) is 0 Å². The van der Waals surface area contributed by atoms with Gasteiger partial charge < -0.3 is 14.6 Å². The summed E-state index contributed by atoms with van der Waals surface area (Å²) < 4.78 is 25.5. The summed E-state index contributed by atoms with van der Waals surface area (Å²) in [6, 6.07) is 10.0. The summed E-state index contributed by atoms with van der Waals surface area (Å²) >= 11 is 0. The molecule has 1 N–H and O–H groups in total. The Hall–Kier alpha value is -2.07. The molecule has 3 nitrogen and oxygen atoms in total. The molecule has 0 aliphatic carbocycles. The number of para-hydroxylation sites is 1. The van der Waals surface area contributed by atoms with Crippen LogP contribution in [0.15, 0.2) is 36.4 Å².